The Hall–Kier alpha value is -3.49. The molecule has 1 heterocycles. The van der Waals surface area contributed by atoms with Crippen molar-refractivity contribution in [1.29, 1.82) is 0 Å². The summed E-state index contributed by atoms with van der Waals surface area (Å²) in [6.45, 7) is 15.6. The molecule has 4 aromatic carbocycles. The van der Waals surface area contributed by atoms with Crippen molar-refractivity contribution in [3.63, 3.8) is 0 Å². The molecule has 0 amide bonds. The third-order valence-electron chi connectivity index (χ3n) is 7.32. The number of hydrogen-bond donors (Lipinski definition) is 0. The Kier molecular flexibility index (Phi) is 6.65. The largest absolute Gasteiger partial charge is 0.312 e. The van der Waals surface area contributed by atoms with Crippen molar-refractivity contribution in [2.24, 2.45) is 0 Å². The predicted octanol–water partition coefficient (Wildman–Crippen LogP) is 10.7. The Morgan fingerprint density at radius 2 is 1.16 bits per heavy atom. The lowest BCUT2D eigenvalue weighted by Gasteiger charge is -2.29. The molecule has 1 aromatic heterocycles. The van der Waals surface area contributed by atoms with Crippen LogP contribution in [-0.4, -0.2) is 4.57 Å². The van der Waals surface area contributed by atoms with Gasteiger partial charge in [-0.2, -0.15) is 0 Å². The average molecular weight is 521 g/mol. The van der Waals surface area contributed by atoms with E-state index in [2.05, 4.69) is 155 Å². The second kappa shape index (κ2) is 9.67. The number of rotatable bonds is 4. The van der Waals surface area contributed by atoms with Crippen molar-refractivity contribution in [3.8, 4) is 5.69 Å². The number of aryl methyl sites for hydroxylation is 1. The maximum atomic E-state index is 7.31. The minimum atomic E-state index is 0.0856. The summed E-state index contributed by atoms with van der Waals surface area (Å²) < 4.78 is 2.25. The summed E-state index contributed by atoms with van der Waals surface area (Å²) in [5.41, 5.74) is 9.17. The quantitative estimate of drug-likeness (QED) is 0.229. The maximum absolute atomic E-state index is 7.31. The molecule has 0 bridgehead atoms. The van der Waals surface area contributed by atoms with Crippen LogP contribution in [0.4, 0.5) is 17.1 Å². The molecule has 0 N–H and O–H groups in total. The molecule has 0 spiro atoms. The van der Waals surface area contributed by atoms with Crippen molar-refractivity contribution in [1.82, 2.24) is 4.57 Å². The number of nitrogens with zero attached hydrogens (tertiary/aromatic N) is 2. The number of para-hydroxylation sites is 1. The van der Waals surface area contributed by atoms with Gasteiger partial charge in [-0.1, -0.05) is 102 Å². The lowest BCUT2D eigenvalue weighted by Crippen LogP contribution is -2.15. The van der Waals surface area contributed by atoms with Crippen molar-refractivity contribution in [3.05, 3.63) is 119 Å². The van der Waals surface area contributed by atoms with E-state index < -0.39 is 0 Å². The number of aromatic nitrogens is 1. The summed E-state index contributed by atoms with van der Waals surface area (Å²) in [5.74, 6) is 0. The molecule has 0 aliphatic heterocycles. The molecule has 5 rings (SSSR count). The van der Waals surface area contributed by atoms with E-state index in [0.29, 0.717) is 0 Å². The third kappa shape index (κ3) is 4.86. The highest BCUT2D eigenvalue weighted by molar-refractivity contribution is 6.35. The lowest BCUT2D eigenvalue weighted by molar-refractivity contribution is 0.590. The molecule has 5 aromatic rings. The van der Waals surface area contributed by atoms with E-state index in [9.17, 15) is 0 Å². The normalized spacial score (nSPS) is 12.2. The molecule has 0 aliphatic carbocycles. The fourth-order valence-electron chi connectivity index (χ4n) is 5.11. The summed E-state index contributed by atoms with van der Waals surface area (Å²) >= 11 is 7.31. The first-order valence-corrected chi connectivity index (χ1v) is 13.7. The fourth-order valence-corrected chi connectivity index (χ4v) is 5.41. The Morgan fingerprint density at radius 1 is 0.632 bits per heavy atom. The molecule has 0 unspecified atom stereocenters. The van der Waals surface area contributed by atoms with E-state index >= 15 is 0 Å². The zero-order valence-electron chi connectivity index (χ0n) is 23.5. The van der Waals surface area contributed by atoms with E-state index in [1.54, 1.807) is 0 Å². The minimum absolute atomic E-state index is 0.0856. The van der Waals surface area contributed by atoms with Gasteiger partial charge in [0.25, 0.3) is 0 Å². The van der Waals surface area contributed by atoms with Crippen molar-refractivity contribution in [2.75, 3.05) is 4.90 Å². The predicted molar refractivity (Wildman–Crippen MR) is 165 cm³/mol. The van der Waals surface area contributed by atoms with Crippen LogP contribution in [0, 0.1) is 6.92 Å². The van der Waals surface area contributed by atoms with Gasteiger partial charge in [0.2, 0.25) is 0 Å². The van der Waals surface area contributed by atoms with Gasteiger partial charge < -0.3 is 9.47 Å². The van der Waals surface area contributed by atoms with Gasteiger partial charge in [-0.25, -0.2) is 0 Å². The molecule has 194 valence electrons. The van der Waals surface area contributed by atoms with Crippen molar-refractivity contribution in [2.45, 2.75) is 59.3 Å². The van der Waals surface area contributed by atoms with Crippen LogP contribution in [0.1, 0.15) is 58.4 Å². The zero-order valence-corrected chi connectivity index (χ0v) is 24.3. The van der Waals surface area contributed by atoms with Gasteiger partial charge in [0.15, 0.2) is 0 Å². The number of fused-ring (bicyclic) bond motifs is 1. The van der Waals surface area contributed by atoms with Crippen LogP contribution >= 0.6 is 11.6 Å². The van der Waals surface area contributed by atoms with Crippen LogP contribution in [0.5, 0.6) is 0 Å². The highest BCUT2D eigenvalue weighted by Gasteiger charge is 2.22. The molecule has 0 radical (unpaired) electrons. The summed E-state index contributed by atoms with van der Waals surface area (Å²) in [6.07, 6.45) is 0. The molecule has 38 heavy (non-hydrogen) atoms. The van der Waals surface area contributed by atoms with Gasteiger partial charge in [0, 0.05) is 22.5 Å². The zero-order chi connectivity index (χ0) is 27.2. The minimum Gasteiger partial charge on any atom is -0.312 e. The summed E-state index contributed by atoms with van der Waals surface area (Å²) in [7, 11) is 0. The summed E-state index contributed by atoms with van der Waals surface area (Å²) in [6, 6.07) is 34.7. The Morgan fingerprint density at radius 3 is 1.68 bits per heavy atom. The van der Waals surface area contributed by atoms with Gasteiger partial charge in [0.05, 0.1) is 21.9 Å². The van der Waals surface area contributed by atoms with Crippen LogP contribution in [-0.2, 0) is 10.8 Å². The molecule has 2 nitrogen and oxygen atoms in total. The average Bonchev–Trinajstić information content (AvgIpc) is 3.20. The maximum Gasteiger partial charge on any atom is 0.0886 e. The Balaban J connectivity index is 1.70. The standard InChI is InChI=1S/C35H37ClN2/c1-24-23-25-11-8-9-12-30(25)37(24)31-13-10-14-32(33(31)36)38(28-19-15-26(16-20-28)34(2,3)4)29-21-17-27(18-22-29)35(5,6)7/h8-23H,1-7H3. The first-order chi connectivity index (χ1) is 17.9. The topological polar surface area (TPSA) is 8.17 Å². The third-order valence-corrected chi connectivity index (χ3v) is 7.70. The molecule has 0 saturated heterocycles. The van der Waals surface area contributed by atoms with E-state index in [1.165, 1.54) is 16.5 Å². The first-order valence-electron chi connectivity index (χ1n) is 13.3. The van der Waals surface area contributed by atoms with Crippen LogP contribution in [0.25, 0.3) is 16.6 Å². The summed E-state index contributed by atoms with van der Waals surface area (Å²) in [4.78, 5) is 2.27. The van der Waals surface area contributed by atoms with E-state index in [4.69, 9.17) is 11.6 Å². The lowest BCUT2D eigenvalue weighted by atomic mass is 9.86. The smallest absolute Gasteiger partial charge is 0.0886 e. The molecule has 0 aliphatic rings. The highest BCUT2D eigenvalue weighted by atomic mass is 35.5. The van der Waals surface area contributed by atoms with Gasteiger partial charge >= 0.3 is 0 Å². The van der Waals surface area contributed by atoms with Crippen LogP contribution in [0.3, 0.4) is 0 Å². The number of anilines is 3. The van der Waals surface area contributed by atoms with Gasteiger partial charge in [0.1, 0.15) is 0 Å². The number of hydrogen-bond acceptors (Lipinski definition) is 1. The van der Waals surface area contributed by atoms with E-state index in [0.717, 1.165) is 39.0 Å². The van der Waals surface area contributed by atoms with Crippen molar-refractivity contribution < 1.29 is 0 Å². The van der Waals surface area contributed by atoms with Crippen molar-refractivity contribution >= 4 is 39.6 Å². The van der Waals surface area contributed by atoms with Crippen LogP contribution in [0.15, 0.2) is 97.1 Å². The summed E-state index contributed by atoms with van der Waals surface area (Å²) in [5, 5.41) is 1.93. The fraction of sp³-hybridized carbons (Fsp3) is 0.257. The van der Waals surface area contributed by atoms with E-state index in [1.807, 2.05) is 0 Å². The van der Waals surface area contributed by atoms with E-state index in [-0.39, 0.29) is 10.8 Å². The van der Waals surface area contributed by atoms with Gasteiger partial charge in [-0.15, -0.1) is 0 Å². The second-order valence-electron chi connectivity index (χ2n) is 12.2. The molecular weight excluding hydrogens is 484 g/mol. The highest BCUT2D eigenvalue weighted by Crippen LogP contribution is 2.43. The Labute approximate surface area is 232 Å². The SMILES string of the molecule is Cc1cc2ccccc2n1-c1cccc(N(c2ccc(C(C)(C)C)cc2)c2ccc(C(C)(C)C)cc2)c1Cl. The van der Waals surface area contributed by atoms with Gasteiger partial charge in [-0.3, -0.25) is 0 Å². The second-order valence-corrected chi connectivity index (χ2v) is 12.6. The molecule has 3 heteroatoms. The monoisotopic (exact) mass is 520 g/mol. The molecule has 0 fully saturated rings. The molecule has 0 atom stereocenters. The molecular formula is C35H37ClN2. The Bertz CT molecular complexity index is 1520. The van der Waals surface area contributed by atoms with Gasteiger partial charge in [-0.05, 0) is 77.4 Å². The first kappa shape index (κ1) is 26.1. The number of halogens is 1. The van der Waals surface area contributed by atoms with Crippen LogP contribution < -0.4 is 4.90 Å². The number of benzene rings is 4. The molecule has 0 saturated carbocycles. The van der Waals surface area contributed by atoms with Crippen LogP contribution in [0.2, 0.25) is 5.02 Å².